The van der Waals surface area contributed by atoms with Crippen LogP contribution in [0.2, 0.25) is 0 Å². The lowest BCUT2D eigenvalue weighted by molar-refractivity contribution is -0.116. The topological polar surface area (TPSA) is 99.2 Å². The van der Waals surface area contributed by atoms with Crippen LogP contribution < -0.4 is 10.1 Å². The third kappa shape index (κ3) is 3.80. The Hall–Kier alpha value is -4.53. The highest BCUT2D eigenvalue weighted by molar-refractivity contribution is 5.95. The van der Waals surface area contributed by atoms with Gasteiger partial charge < -0.3 is 10.1 Å². The summed E-state index contributed by atoms with van der Waals surface area (Å²) in [6, 6.07) is 19.8. The van der Waals surface area contributed by atoms with Crippen LogP contribution in [0.4, 0.5) is 5.82 Å². The Balaban J connectivity index is 1.30. The maximum Gasteiger partial charge on any atom is 0.226 e. The van der Waals surface area contributed by atoms with Crippen LogP contribution in [-0.4, -0.2) is 35.5 Å². The van der Waals surface area contributed by atoms with Crippen LogP contribution in [-0.2, 0) is 11.4 Å². The second-order valence-electron chi connectivity index (χ2n) is 8.67. The molecule has 0 aliphatic carbocycles. The summed E-state index contributed by atoms with van der Waals surface area (Å²) in [6.45, 7) is 4.55. The summed E-state index contributed by atoms with van der Waals surface area (Å²) >= 11 is 0. The van der Waals surface area contributed by atoms with Crippen LogP contribution in [0, 0.1) is 13.8 Å². The van der Waals surface area contributed by atoms with Gasteiger partial charge in [0.25, 0.3) is 0 Å². The lowest BCUT2D eigenvalue weighted by Gasteiger charge is -2.24. The molecule has 174 valence electrons. The van der Waals surface area contributed by atoms with Crippen molar-refractivity contribution in [3.63, 3.8) is 0 Å². The number of anilines is 1. The van der Waals surface area contributed by atoms with Gasteiger partial charge in [-0.25, -0.2) is 0 Å². The minimum Gasteiger partial charge on any atom is -0.489 e. The molecule has 35 heavy (non-hydrogen) atoms. The predicted octanol–water partition coefficient (Wildman–Crippen LogP) is 3.98. The van der Waals surface area contributed by atoms with Crippen LogP contribution in [0.15, 0.2) is 67.0 Å². The Labute approximate surface area is 201 Å². The van der Waals surface area contributed by atoms with E-state index in [-0.39, 0.29) is 11.8 Å². The number of nitrogens with zero attached hydrogens (tertiary/aromatic N) is 6. The average Bonchev–Trinajstić information content (AvgIpc) is 3.47. The number of carbonyl (C=O) groups is 1. The first kappa shape index (κ1) is 21.0. The van der Waals surface area contributed by atoms with E-state index in [1.54, 1.807) is 9.20 Å². The monoisotopic (exact) mass is 465 g/mol. The van der Waals surface area contributed by atoms with Gasteiger partial charge in [0.15, 0.2) is 11.5 Å². The molecule has 5 aromatic rings. The van der Waals surface area contributed by atoms with Crippen LogP contribution in [0.3, 0.4) is 0 Å². The molecule has 0 unspecified atom stereocenters. The summed E-state index contributed by atoms with van der Waals surface area (Å²) in [5.41, 5.74) is 5.87. The Morgan fingerprint density at radius 1 is 1.03 bits per heavy atom. The van der Waals surface area contributed by atoms with Gasteiger partial charge in [-0.05, 0) is 54.8 Å². The molecule has 1 atom stereocenters. The maximum absolute atomic E-state index is 12.7. The fourth-order valence-corrected chi connectivity index (χ4v) is 4.56. The zero-order chi connectivity index (χ0) is 23.9. The fraction of sp³-hybridized carbons (Fsp3) is 0.192. The molecule has 1 N–H and O–H groups in total. The van der Waals surface area contributed by atoms with E-state index in [4.69, 9.17) is 9.84 Å². The van der Waals surface area contributed by atoms with Gasteiger partial charge in [0.05, 0.1) is 5.69 Å². The van der Waals surface area contributed by atoms with E-state index in [1.807, 2.05) is 55.5 Å². The molecule has 6 rings (SSSR count). The van der Waals surface area contributed by atoms with Gasteiger partial charge in [-0.3, -0.25) is 4.79 Å². The smallest absolute Gasteiger partial charge is 0.226 e. The first-order valence-corrected chi connectivity index (χ1v) is 11.4. The van der Waals surface area contributed by atoms with E-state index in [1.165, 1.54) is 11.9 Å². The molecular weight excluding hydrogens is 442 g/mol. The normalized spacial score (nSPS) is 15.1. The highest BCUT2D eigenvalue weighted by Gasteiger charge is 2.33. The molecule has 1 aliphatic heterocycles. The molecule has 4 heterocycles. The second-order valence-corrected chi connectivity index (χ2v) is 8.67. The Morgan fingerprint density at radius 2 is 1.86 bits per heavy atom. The molecule has 9 heteroatoms. The molecule has 0 bridgehead atoms. The van der Waals surface area contributed by atoms with Crippen LogP contribution >= 0.6 is 0 Å². The zero-order valence-corrected chi connectivity index (χ0v) is 19.3. The number of nitrogens with one attached hydrogen (secondary N) is 1. The quantitative estimate of drug-likeness (QED) is 0.422. The van der Waals surface area contributed by atoms with Gasteiger partial charge >= 0.3 is 0 Å². The van der Waals surface area contributed by atoms with Crippen molar-refractivity contribution in [2.24, 2.45) is 0 Å². The number of hydrogen-bond acceptors (Lipinski definition) is 6. The Kier molecular flexibility index (Phi) is 5.02. The Bertz CT molecular complexity index is 1550. The van der Waals surface area contributed by atoms with Crippen molar-refractivity contribution in [2.45, 2.75) is 32.8 Å². The SMILES string of the molecule is Cc1ccccc1COc1ccc([C@@H]2CC(=O)Nc3c2c(C)nn3-c2ccc3nncn3n2)cc1. The van der Waals surface area contributed by atoms with Crippen LogP contribution in [0.1, 0.15) is 40.3 Å². The molecule has 1 aliphatic rings. The third-order valence-corrected chi connectivity index (χ3v) is 6.41. The zero-order valence-electron chi connectivity index (χ0n) is 19.3. The first-order valence-electron chi connectivity index (χ1n) is 11.4. The summed E-state index contributed by atoms with van der Waals surface area (Å²) in [5, 5.41) is 20.1. The molecule has 0 radical (unpaired) electrons. The van der Waals surface area contributed by atoms with Gasteiger partial charge in [0.2, 0.25) is 5.91 Å². The number of ether oxygens (including phenoxy) is 1. The van der Waals surface area contributed by atoms with Crippen molar-refractivity contribution in [1.82, 2.24) is 29.6 Å². The van der Waals surface area contributed by atoms with Gasteiger partial charge in [-0.15, -0.1) is 15.3 Å². The molecule has 2 aromatic carbocycles. The minimum atomic E-state index is -0.114. The van der Waals surface area contributed by atoms with E-state index in [2.05, 4.69) is 39.7 Å². The van der Waals surface area contributed by atoms with Crippen molar-refractivity contribution in [3.05, 3.63) is 94.9 Å². The van der Waals surface area contributed by atoms with E-state index in [0.717, 1.165) is 28.1 Å². The summed E-state index contributed by atoms with van der Waals surface area (Å²) in [6.07, 6.45) is 1.88. The number of rotatable bonds is 5. The number of carbonyl (C=O) groups excluding carboxylic acids is 1. The van der Waals surface area contributed by atoms with E-state index in [9.17, 15) is 4.79 Å². The van der Waals surface area contributed by atoms with E-state index >= 15 is 0 Å². The van der Waals surface area contributed by atoms with Gasteiger partial charge in [-0.2, -0.15) is 14.3 Å². The van der Waals surface area contributed by atoms with E-state index in [0.29, 0.717) is 30.3 Å². The number of aryl methyl sites for hydroxylation is 2. The lowest BCUT2D eigenvalue weighted by atomic mass is 9.86. The molecule has 3 aromatic heterocycles. The van der Waals surface area contributed by atoms with Crippen molar-refractivity contribution in [1.29, 1.82) is 0 Å². The van der Waals surface area contributed by atoms with Crippen molar-refractivity contribution in [3.8, 4) is 11.6 Å². The van der Waals surface area contributed by atoms with Gasteiger partial charge in [0, 0.05) is 17.9 Å². The number of fused-ring (bicyclic) bond motifs is 2. The fourth-order valence-electron chi connectivity index (χ4n) is 4.56. The number of hydrogen-bond donors (Lipinski definition) is 1. The van der Waals surface area contributed by atoms with Crippen LogP contribution in [0.5, 0.6) is 5.75 Å². The highest BCUT2D eigenvalue weighted by atomic mass is 16.5. The van der Waals surface area contributed by atoms with Crippen molar-refractivity contribution >= 4 is 17.4 Å². The third-order valence-electron chi connectivity index (χ3n) is 6.41. The van der Waals surface area contributed by atoms with E-state index < -0.39 is 0 Å². The molecule has 0 spiro atoms. The molecule has 0 saturated carbocycles. The van der Waals surface area contributed by atoms with Crippen molar-refractivity contribution in [2.75, 3.05) is 5.32 Å². The molecule has 9 nitrogen and oxygen atoms in total. The number of amides is 1. The predicted molar refractivity (Wildman–Crippen MR) is 130 cm³/mol. The first-order chi connectivity index (χ1) is 17.1. The number of benzene rings is 2. The summed E-state index contributed by atoms with van der Waals surface area (Å²) in [4.78, 5) is 12.7. The maximum atomic E-state index is 12.7. The van der Waals surface area contributed by atoms with Crippen LogP contribution in [0.25, 0.3) is 11.5 Å². The molecule has 0 fully saturated rings. The van der Waals surface area contributed by atoms with Gasteiger partial charge in [0.1, 0.15) is 24.5 Å². The molecule has 0 saturated heterocycles. The summed E-state index contributed by atoms with van der Waals surface area (Å²) in [5.74, 6) is 1.83. The summed E-state index contributed by atoms with van der Waals surface area (Å²) < 4.78 is 9.26. The molecular formula is C26H23N7O2. The van der Waals surface area contributed by atoms with Crippen molar-refractivity contribution < 1.29 is 9.53 Å². The van der Waals surface area contributed by atoms with Gasteiger partial charge in [-0.1, -0.05) is 36.4 Å². The average molecular weight is 466 g/mol. The highest BCUT2D eigenvalue weighted by Crippen LogP contribution is 2.40. The second kappa shape index (κ2) is 8.35. The number of aromatic nitrogens is 6. The minimum absolute atomic E-state index is 0.0612. The standard InChI is InChI=1S/C26H23N7O2/c1-16-5-3-4-6-19(16)14-35-20-9-7-18(8-10-20)21-13-24(34)28-26-25(21)17(2)30-33(26)23-12-11-22-29-27-15-32(22)31-23/h3-12,15,21H,13-14H2,1-2H3,(H,28,34)/t21-/m0/s1. The molecule has 1 amide bonds. The summed E-state index contributed by atoms with van der Waals surface area (Å²) in [7, 11) is 0. The Morgan fingerprint density at radius 3 is 2.69 bits per heavy atom. The largest absolute Gasteiger partial charge is 0.489 e. The lowest BCUT2D eigenvalue weighted by Crippen LogP contribution is -2.25.